The van der Waals surface area contributed by atoms with Gasteiger partial charge < -0.3 is 15.2 Å². The van der Waals surface area contributed by atoms with Crippen molar-refractivity contribution in [3.05, 3.63) is 11.5 Å². The van der Waals surface area contributed by atoms with E-state index in [1.807, 2.05) is 0 Å². The Kier molecular flexibility index (Phi) is 4.63. The number of aliphatic hydroxyl groups excluding tert-OH is 1. The lowest BCUT2D eigenvalue weighted by Crippen LogP contribution is -2.27. The molecule has 1 aromatic heterocycles. The van der Waals surface area contributed by atoms with Crippen molar-refractivity contribution in [1.29, 1.82) is 0 Å². The first-order valence-electron chi connectivity index (χ1n) is 4.30. The summed E-state index contributed by atoms with van der Waals surface area (Å²) in [6.45, 7) is -0.360. The van der Waals surface area contributed by atoms with Crippen LogP contribution >= 0.6 is 11.6 Å². The van der Waals surface area contributed by atoms with E-state index in [2.05, 4.69) is 15.3 Å². The highest BCUT2D eigenvalue weighted by atomic mass is 35.5. The Balaban J connectivity index is 2.70. The van der Waals surface area contributed by atoms with Gasteiger partial charge in [-0.2, -0.15) is 0 Å². The molecule has 5 nitrogen and oxygen atoms in total. The van der Waals surface area contributed by atoms with Crippen LogP contribution in [-0.2, 0) is 0 Å². The molecule has 0 aliphatic carbocycles. The Hall–Kier alpha value is -1.21. The van der Waals surface area contributed by atoms with Gasteiger partial charge in [-0.3, -0.25) is 0 Å². The third-order valence-corrected chi connectivity index (χ3v) is 2.00. The van der Waals surface area contributed by atoms with Crippen molar-refractivity contribution in [2.45, 2.75) is 12.5 Å². The van der Waals surface area contributed by atoms with Crippen LogP contribution in [0.3, 0.4) is 0 Å². The van der Waals surface area contributed by atoms with Gasteiger partial charge in [0.05, 0.1) is 7.11 Å². The topological polar surface area (TPSA) is 67.3 Å². The molecule has 16 heavy (non-hydrogen) atoms. The summed E-state index contributed by atoms with van der Waals surface area (Å²) in [4.78, 5) is 7.41. The largest absolute Gasteiger partial charge is 0.490 e. The van der Waals surface area contributed by atoms with Gasteiger partial charge in [-0.15, -0.1) is 0 Å². The fourth-order valence-electron chi connectivity index (χ4n) is 0.949. The molecular weight excluding hydrogens is 244 g/mol. The molecule has 1 rings (SSSR count). The Morgan fingerprint density at radius 3 is 2.81 bits per heavy atom. The number of rotatable bonds is 5. The zero-order valence-corrected chi connectivity index (χ0v) is 9.08. The highest BCUT2D eigenvalue weighted by molar-refractivity contribution is 6.31. The van der Waals surface area contributed by atoms with Crippen LogP contribution in [0.2, 0.25) is 5.15 Å². The number of nitrogens with zero attached hydrogens (tertiary/aromatic N) is 2. The number of methoxy groups -OCH3 is 1. The van der Waals surface area contributed by atoms with Gasteiger partial charge >= 0.3 is 0 Å². The number of alkyl halides is 2. The molecule has 1 heterocycles. The molecule has 2 N–H and O–H groups in total. The van der Waals surface area contributed by atoms with Crippen LogP contribution in [0.25, 0.3) is 0 Å². The van der Waals surface area contributed by atoms with E-state index >= 15 is 0 Å². The normalized spacial score (nSPS) is 12.6. The van der Waals surface area contributed by atoms with Crippen molar-refractivity contribution in [3.63, 3.8) is 0 Å². The van der Waals surface area contributed by atoms with Gasteiger partial charge in [0.25, 0.3) is 6.43 Å². The van der Waals surface area contributed by atoms with Crippen LogP contribution in [0.4, 0.5) is 14.6 Å². The number of hydrogen-bond acceptors (Lipinski definition) is 5. The molecule has 90 valence electrons. The summed E-state index contributed by atoms with van der Waals surface area (Å²) in [5, 5.41) is 11.4. The lowest BCUT2D eigenvalue weighted by molar-refractivity contribution is 0.00378. The van der Waals surface area contributed by atoms with E-state index in [4.69, 9.17) is 21.4 Å². The minimum atomic E-state index is -2.82. The van der Waals surface area contributed by atoms with Gasteiger partial charge in [0.1, 0.15) is 12.4 Å². The summed E-state index contributed by atoms with van der Waals surface area (Å²) < 4.78 is 28.9. The Morgan fingerprint density at radius 1 is 1.56 bits per heavy atom. The molecule has 0 bridgehead atoms. The average molecular weight is 254 g/mol. The second-order valence-corrected chi connectivity index (χ2v) is 3.19. The fourth-order valence-corrected chi connectivity index (χ4v) is 1.16. The summed E-state index contributed by atoms with van der Waals surface area (Å²) in [6, 6.07) is 0. The SMILES string of the molecule is COc1c(Cl)ncnc1NCC(O)C(F)F. The van der Waals surface area contributed by atoms with Gasteiger partial charge in [-0.05, 0) is 0 Å². The van der Waals surface area contributed by atoms with Crippen LogP contribution in [0.5, 0.6) is 5.75 Å². The van der Waals surface area contributed by atoms with Crippen molar-refractivity contribution in [2.24, 2.45) is 0 Å². The Labute approximate surface area is 95.4 Å². The summed E-state index contributed by atoms with van der Waals surface area (Å²) in [6.07, 6.45) is -3.45. The predicted molar refractivity (Wildman–Crippen MR) is 54.1 cm³/mol. The predicted octanol–water partition coefficient (Wildman–Crippen LogP) is 1.18. The molecule has 0 aliphatic heterocycles. The van der Waals surface area contributed by atoms with E-state index in [0.29, 0.717) is 0 Å². The third-order valence-electron chi connectivity index (χ3n) is 1.73. The molecule has 0 aliphatic rings. The molecule has 1 atom stereocenters. The minimum Gasteiger partial charge on any atom is -0.490 e. The summed E-state index contributed by atoms with van der Waals surface area (Å²) in [5.74, 6) is 0.299. The first-order chi connectivity index (χ1) is 7.56. The van der Waals surface area contributed by atoms with Crippen LogP contribution in [0.15, 0.2) is 6.33 Å². The Bertz CT molecular complexity index is 354. The highest BCUT2D eigenvalue weighted by Crippen LogP contribution is 2.28. The molecular formula is C8H10ClF2N3O2. The lowest BCUT2D eigenvalue weighted by atomic mass is 10.3. The summed E-state index contributed by atoms with van der Waals surface area (Å²) in [5.41, 5.74) is 0. The smallest absolute Gasteiger partial charge is 0.265 e. The standard InChI is InChI=1S/C8H10ClF2N3O2/c1-16-5-6(9)13-3-14-8(5)12-2-4(15)7(10)11/h3-4,7,15H,2H2,1H3,(H,12,13,14). The number of ether oxygens (including phenoxy) is 1. The van der Waals surface area contributed by atoms with Crippen molar-refractivity contribution in [1.82, 2.24) is 9.97 Å². The zero-order valence-electron chi connectivity index (χ0n) is 8.32. The van der Waals surface area contributed by atoms with E-state index in [1.165, 1.54) is 7.11 Å². The van der Waals surface area contributed by atoms with Gasteiger partial charge in [0, 0.05) is 6.54 Å². The van der Waals surface area contributed by atoms with Gasteiger partial charge in [0.2, 0.25) is 0 Å². The number of aromatic nitrogens is 2. The number of aliphatic hydroxyl groups is 1. The van der Waals surface area contributed by atoms with Crippen LogP contribution < -0.4 is 10.1 Å². The molecule has 1 aromatic rings. The quantitative estimate of drug-likeness (QED) is 0.772. The van der Waals surface area contributed by atoms with E-state index in [-0.39, 0.29) is 23.3 Å². The number of hydrogen-bond donors (Lipinski definition) is 2. The van der Waals surface area contributed by atoms with E-state index in [9.17, 15) is 8.78 Å². The molecule has 0 saturated carbocycles. The molecule has 0 aromatic carbocycles. The zero-order chi connectivity index (χ0) is 12.1. The number of anilines is 1. The minimum absolute atomic E-state index is 0.0616. The first-order valence-corrected chi connectivity index (χ1v) is 4.68. The third kappa shape index (κ3) is 3.14. The van der Waals surface area contributed by atoms with Gasteiger partial charge in [-0.1, -0.05) is 11.6 Å². The summed E-state index contributed by atoms with van der Waals surface area (Å²) >= 11 is 5.68. The van der Waals surface area contributed by atoms with Crippen molar-refractivity contribution < 1.29 is 18.6 Å². The molecule has 0 spiro atoms. The average Bonchev–Trinajstić information content (AvgIpc) is 2.25. The molecule has 0 amide bonds. The number of nitrogens with one attached hydrogen (secondary N) is 1. The van der Waals surface area contributed by atoms with Crippen LogP contribution in [0, 0.1) is 0 Å². The first kappa shape index (κ1) is 12.9. The van der Waals surface area contributed by atoms with E-state index in [1.54, 1.807) is 0 Å². The van der Waals surface area contributed by atoms with Crippen molar-refractivity contribution >= 4 is 17.4 Å². The van der Waals surface area contributed by atoms with Crippen LogP contribution in [-0.4, -0.2) is 41.3 Å². The molecule has 0 saturated heterocycles. The Morgan fingerprint density at radius 2 is 2.25 bits per heavy atom. The van der Waals surface area contributed by atoms with E-state index in [0.717, 1.165) is 6.33 Å². The monoisotopic (exact) mass is 253 g/mol. The second-order valence-electron chi connectivity index (χ2n) is 2.83. The molecule has 0 fully saturated rings. The van der Waals surface area contributed by atoms with Gasteiger partial charge in [-0.25, -0.2) is 18.7 Å². The van der Waals surface area contributed by atoms with Crippen molar-refractivity contribution in [2.75, 3.05) is 19.0 Å². The fraction of sp³-hybridized carbons (Fsp3) is 0.500. The highest BCUT2D eigenvalue weighted by Gasteiger charge is 2.18. The second kappa shape index (κ2) is 5.76. The number of halogens is 3. The van der Waals surface area contributed by atoms with Crippen molar-refractivity contribution in [3.8, 4) is 5.75 Å². The van der Waals surface area contributed by atoms with Gasteiger partial charge in [0.15, 0.2) is 16.7 Å². The summed E-state index contributed by atoms with van der Waals surface area (Å²) in [7, 11) is 1.35. The maximum atomic E-state index is 12.0. The molecule has 1 unspecified atom stereocenters. The maximum Gasteiger partial charge on any atom is 0.265 e. The molecule has 8 heteroatoms. The van der Waals surface area contributed by atoms with E-state index < -0.39 is 12.5 Å². The van der Waals surface area contributed by atoms with Crippen LogP contribution in [0.1, 0.15) is 0 Å². The molecule has 0 radical (unpaired) electrons. The maximum absolute atomic E-state index is 12.0. The lowest BCUT2D eigenvalue weighted by Gasteiger charge is -2.13.